The molecule has 2 aromatic heterocycles. The summed E-state index contributed by atoms with van der Waals surface area (Å²) in [6, 6.07) is 6.35. The fourth-order valence-electron chi connectivity index (χ4n) is 2.63. The molecule has 1 N–H and O–H groups in total. The number of benzene rings is 1. The standard InChI is InChI=1S/C19H17N3O5S/c1-3-27-19(26)14-9-28-17-16(14)18(25)22(10-20-17)8-15(24)12-4-6-13(7-5-12)21-11(2)23/h4-7,9-10H,3,8H2,1-2H3,(H,21,23). The summed E-state index contributed by atoms with van der Waals surface area (Å²) in [6.45, 7) is 3.04. The number of nitrogens with one attached hydrogen (secondary N) is 1. The Labute approximate surface area is 163 Å². The van der Waals surface area contributed by atoms with Gasteiger partial charge in [-0.25, -0.2) is 9.78 Å². The largest absolute Gasteiger partial charge is 0.462 e. The minimum absolute atomic E-state index is 0.153. The Bertz CT molecular complexity index is 1110. The van der Waals surface area contributed by atoms with Crippen LogP contribution in [0.25, 0.3) is 10.2 Å². The Morgan fingerprint density at radius 1 is 1.21 bits per heavy atom. The minimum Gasteiger partial charge on any atom is -0.462 e. The maximum atomic E-state index is 12.8. The lowest BCUT2D eigenvalue weighted by molar-refractivity contribution is -0.114. The SMILES string of the molecule is CCOC(=O)c1csc2ncn(CC(=O)c3ccc(NC(C)=O)cc3)c(=O)c12. The number of fused-ring (bicyclic) bond motifs is 1. The second-order valence-corrected chi connectivity index (χ2v) is 6.77. The smallest absolute Gasteiger partial charge is 0.339 e. The molecule has 3 aromatic rings. The zero-order chi connectivity index (χ0) is 20.3. The Hall–Kier alpha value is -3.33. The maximum absolute atomic E-state index is 12.8. The van der Waals surface area contributed by atoms with E-state index in [0.29, 0.717) is 16.1 Å². The van der Waals surface area contributed by atoms with Crippen LogP contribution in [0.2, 0.25) is 0 Å². The number of anilines is 1. The number of esters is 1. The minimum atomic E-state index is -0.592. The molecule has 9 heteroatoms. The van der Waals surface area contributed by atoms with Gasteiger partial charge in [0, 0.05) is 23.6 Å². The average molecular weight is 399 g/mol. The molecule has 3 rings (SSSR count). The van der Waals surface area contributed by atoms with Gasteiger partial charge in [0.05, 0.1) is 30.4 Å². The van der Waals surface area contributed by atoms with Crippen LogP contribution in [0.4, 0.5) is 5.69 Å². The van der Waals surface area contributed by atoms with Gasteiger partial charge in [0.2, 0.25) is 5.91 Å². The third-order valence-electron chi connectivity index (χ3n) is 3.90. The zero-order valence-electron chi connectivity index (χ0n) is 15.2. The summed E-state index contributed by atoms with van der Waals surface area (Å²) in [7, 11) is 0. The van der Waals surface area contributed by atoms with E-state index in [1.54, 1.807) is 31.2 Å². The van der Waals surface area contributed by atoms with Crippen molar-refractivity contribution >= 4 is 44.9 Å². The van der Waals surface area contributed by atoms with Gasteiger partial charge < -0.3 is 10.1 Å². The van der Waals surface area contributed by atoms with Crippen LogP contribution in [-0.4, -0.2) is 33.8 Å². The van der Waals surface area contributed by atoms with E-state index < -0.39 is 11.5 Å². The van der Waals surface area contributed by atoms with Crippen LogP contribution in [0, 0.1) is 0 Å². The summed E-state index contributed by atoms with van der Waals surface area (Å²) in [5.74, 6) is -1.10. The lowest BCUT2D eigenvalue weighted by Gasteiger charge is -2.07. The predicted octanol–water partition coefficient (Wildman–Crippen LogP) is 2.48. The van der Waals surface area contributed by atoms with Crippen LogP contribution in [0.15, 0.2) is 40.8 Å². The molecule has 0 saturated heterocycles. The molecule has 8 nitrogen and oxygen atoms in total. The molecule has 28 heavy (non-hydrogen) atoms. The van der Waals surface area contributed by atoms with Crippen molar-refractivity contribution in [2.75, 3.05) is 11.9 Å². The molecule has 0 aliphatic rings. The van der Waals surface area contributed by atoms with Gasteiger partial charge in [-0.1, -0.05) is 0 Å². The Morgan fingerprint density at radius 2 is 1.93 bits per heavy atom. The molecule has 1 aromatic carbocycles. The second kappa shape index (κ2) is 8.13. The van der Waals surface area contributed by atoms with Crippen molar-refractivity contribution in [2.24, 2.45) is 0 Å². The first-order chi connectivity index (χ1) is 13.4. The Balaban J connectivity index is 1.87. The molecule has 144 valence electrons. The number of hydrogen-bond donors (Lipinski definition) is 1. The highest BCUT2D eigenvalue weighted by atomic mass is 32.1. The first kappa shape index (κ1) is 19.4. The third kappa shape index (κ3) is 3.99. The Kier molecular flexibility index (Phi) is 5.65. The van der Waals surface area contributed by atoms with Crippen LogP contribution in [-0.2, 0) is 16.1 Å². The molecular formula is C19H17N3O5S. The number of hydrogen-bond acceptors (Lipinski definition) is 7. The number of ether oxygens (including phenoxy) is 1. The fraction of sp³-hybridized carbons (Fsp3) is 0.211. The summed E-state index contributed by atoms with van der Waals surface area (Å²) < 4.78 is 6.14. The van der Waals surface area contributed by atoms with E-state index in [-0.39, 0.29) is 35.8 Å². The average Bonchev–Trinajstić information content (AvgIpc) is 3.09. The highest BCUT2D eigenvalue weighted by molar-refractivity contribution is 7.17. The van der Waals surface area contributed by atoms with Crippen LogP contribution in [0.5, 0.6) is 0 Å². The molecule has 0 saturated carbocycles. The van der Waals surface area contributed by atoms with Gasteiger partial charge in [-0.2, -0.15) is 0 Å². The van der Waals surface area contributed by atoms with Crippen LogP contribution in [0.1, 0.15) is 34.6 Å². The first-order valence-electron chi connectivity index (χ1n) is 8.45. The number of rotatable bonds is 6. The maximum Gasteiger partial charge on any atom is 0.339 e. The molecule has 1 amide bonds. The molecule has 0 unspecified atom stereocenters. The highest BCUT2D eigenvalue weighted by Gasteiger charge is 2.19. The van der Waals surface area contributed by atoms with Crippen molar-refractivity contribution in [2.45, 2.75) is 20.4 Å². The molecule has 0 radical (unpaired) electrons. The predicted molar refractivity (Wildman–Crippen MR) is 105 cm³/mol. The normalized spacial score (nSPS) is 10.6. The van der Waals surface area contributed by atoms with Crippen molar-refractivity contribution in [3.8, 4) is 0 Å². The number of amides is 1. The van der Waals surface area contributed by atoms with E-state index in [1.165, 1.54) is 34.5 Å². The zero-order valence-corrected chi connectivity index (χ0v) is 16.0. The van der Waals surface area contributed by atoms with Gasteiger partial charge in [-0.05, 0) is 31.2 Å². The molecule has 0 bridgehead atoms. The van der Waals surface area contributed by atoms with Gasteiger partial charge in [0.1, 0.15) is 4.83 Å². The summed E-state index contributed by atoms with van der Waals surface area (Å²) >= 11 is 1.17. The second-order valence-electron chi connectivity index (χ2n) is 5.91. The number of thiophene rings is 1. The summed E-state index contributed by atoms with van der Waals surface area (Å²) in [6.07, 6.45) is 1.29. The number of carbonyl (C=O) groups excluding carboxylic acids is 3. The lowest BCUT2D eigenvalue weighted by Crippen LogP contribution is -2.25. The highest BCUT2D eigenvalue weighted by Crippen LogP contribution is 2.21. The summed E-state index contributed by atoms with van der Waals surface area (Å²) in [5, 5.41) is 4.30. The van der Waals surface area contributed by atoms with Crippen LogP contribution >= 0.6 is 11.3 Å². The van der Waals surface area contributed by atoms with E-state index in [1.807, 2.05) is 0 Å². The van der Waals surface area contributed by atoms with E-state index in [9.17, 15) is 19.2 Å². The van der Waals surface area contributed by atoms with E-state index in [2.05, 4.69) is 10.3 Å². The molecule has 2 heterocycles. The third-order valence-corrected chi connectivity index (χ3v) is 4.78. The van der Waals surface area contributed by atoms with Gasteiger partial charge in [-0.15, -0.1) is 11.3 Å². The monoisotopic (exact) mass is 399 g/mol. The first-order valence-corrected chi connectivity index (χ1v) is 9.33. The van der Waals surface area contributed by atoms with Crippen molar-refractivity contribution in [1.29, 1.82) is 0 Å². The number of aromatic nitrogens is 2. The molecule has 0 aliphatic carbocycles. The van der Waals surface area contributed by atoms with Crippen LogP contribution < -0.4 is 10.9 Å². The van der Waals surface area contributed by atoms with Crippen molar-refractivity contribution in [3.05, 3.63) is 57.5 Å². The van der Waals surface area contributed by atoms with E-state index in [4.69, 9.17) is 4.74 Å². The van der Waals surface area contributed by atoms with Crippen molar-refractivity contribution < 1.29 is 19.1 Å². The van der Waals surface area contributed by atoms with Crippen molar-refractivity contribution in [1.82, 2.24) is 9.55 Å². The topological polar surface area (TPSA) is 107 Å². The molecule has 0 aliphatic heterocycles. The molecular weight excluding hydrogens is 382 g/mol. The quantitative estimate of drug-likeness (QED) is 0.504. The van der Waals surface area contributed by atoms with Crippen LogP contribution in [0.3, 0.4) is 0 Å². The van der Waals surface area contributed by atoms with E-state index in [0.717, 1.165) is 0 Å². The number of ketones is 1. The summed E-state index contributed by atoms with van der Waals surface area (Å²) in [4.78, 5) is 53.0. The number of carbonyl (C=O) groups is 3. The molecule has 0 fully saturated rings. The molecule has 0 atom stereocenters. The number of Topliss-reactive ketones (excluding diaryl/α,β-unsaturated/α-hetero) is 1. The van der Waals surface area contributed by atoms with Gasteiger partial charge in [0.25, 0.3) is 5.56 Å². The van der Waals surface area contributed by atoms with Crippen molar-refractivity contribution in [3.63, 3.8) is 0 Å². The Morgan fingerprint density at radius 3 is 2.57 bits per heavy atom. The number of nitrogens with zero attached hydrogens (tertiary/aromatic N) is 2. The lowest BCUT2D eigenvalue weighted by atomic mass is 10.1. The van der Waals surface area contributed by atoms with Gasteiger partial charge >= 0.3 is 5.97 Å². The van der Waals surface area contributed by atoms with E-state index >= 15 is 0 Å². The molecule has 0 spiro atoms. The summed E-state index contributed by atoms with van der Waals surface area (Å²) in [5.41, 5.74) is 0.636. The fourth-order valence-corrected chi connectivity index (χ4v) is 3.49. The van der Waals surface area contributed by atoms with Gasteiger partial charge in [-0.3, -0.25) is 19.0 Å². The van der Waals surface area contributed by atoms with Gasteiger partial charge in [0.15, 0.2) is 5.78 Å².